The predicted octanol–water partition coefficient (Wildman–Crippen LogP) is 3.52. The fraction of sp³-hybridized carbons (Fsp3) is 0.562. The standard InChI is InChI=1S/C16H24O2/c1-6-15(18-5)14(17)11-12-7-9-13(10-8-12)16(2,3)4/h7-10,15H,6,11H2,1-5H3. The first-order chi connectivity index (χ1) is 8.38. The van der Waals surface area contributed by atoms with Crippen LogP contribution in [0.2, 0.25) is 0 Å². The van der Waals surface area contributed by atoms with Gasteiger partial charge in [-0.3, -0.25) is 4.79 Å². The summed E-state index contributed by atoms with van der Waals surface area (Å²) in [7, 11) is 1.59. The molecular formula is C16H24O2. The maximum Gasteiger partial charge on any atom is 0.165 e. The van der Waals surface area contributed by atoms with Crippen LogP contribution in [0.1, 0.15) is 45.2 Å². The molecule has 1 aromatic carbocycles. The number of rotatable bonds is 5. The number of hydrogen-bond acceptors (Lipinski definition) is 2. The monoisotopic (exact) mass is 248 g/mol. The van der Waals surface area contributed by atoms with Crippen LogP contribution in [0.25, 0.3) is 0 Å². The molecule has 0 aromatic heterocycles. The number of hydrogen-bond donors (Lipinski definition) is 0. The lowest BCUT2D eigenvalue weighted by molar-refractivity contribution is -0.128. The zero-order chi connectivity index (χ0) is 13.8. The third-order valence-corrected chi connectivity index (χ3v) is 3.21. The summed E-state index contributed by atoms with van der Waals surface area (Å²) < 4.78 is 5.16. The first-order valence-electron chi connectivity index (χ1n) is 6.53. The van der Waals surface area contributed by atoms with Gasteiger partial charge in [-0.15, -0.1) is 0 Å². The van der Waals surface area contributed by atoms with Crippen molar-refractivity contribution in [3.05, 3.63) is 35.4 Å². The number of ketones is 1. The minimum atomic E-state index is -0.271. The number of ether oxygens (including phenoxy) is 1. The van der Waals surface area contributed by atoms with Crippen molar-refractivity contribution in [3.8, 4) is 0 Å². The zero-order valence-corrected chi connectivity index (χ0v) is 12.1. The van der Waals surface area contributed by atoms with Gasteiger partial charge in [0.2, 0.25) is 0 Å². The Bertz CT molecular complexity index is 381. The molecule has 0 heterocycles. The molecule has 0 aliphatic rings. The van der Waals surface area contributed by atoms with Gasteiger partial charge in [-0.25, -0.2) is 0 Å². The Morgan fingerprint density at radius 3 is 2.17 bits per heavy atom. The number of carbonyl (C=O) groups excluding carboxylic acids is 1. The zero-order valence-electron chi connectivity index (χ0n) is 12.1. The van der Waals surface area contributed by atoms with Gasteiger partial charge in [-0.2, -0.15) is 0 Å². The maximum atomic E-state index is 11.9. The molecule has 0 saturated heterocycles. The number of methoxy groups -OCH3 is 1. The molecule has 0 bridgehead atoms. The van der Waals surface area contributed by atoms with Crippen molar-refractivity contribution in [2.24, 2.45) is 0 Å². The topological polar surface area (TPSA) is 26.3 Å². The van der Waals surface area contributed by atoms with Gasteiger partial charge < -0.3 is 4.74 Å². The van der Waals surface area contributed by atoms with Crippen LogP contribution in [0.15, 0.2) is 24.3 Å². The minimum Gasteiger partial charge on any atom is -0.374 e. The van der Waals surface area contributed by atoms with Crippen LogP contribution in [0.5, 0.6) is 0 Å². The summed E-state index contributed by atoms with van der Waals surface area (Å²) in [5, 5.41) is 0. The molecule has 1 rings (SSSR count). The summed E-state index contributed by atoms with van der Waals surface area (Å²) in [6.45, 7) is 8.52. The van der Waals surface area contributed by atoms with Gasteiger partial charge in [-0.05, 0) is 23.0 Å². The van der Waals surface area contributed by atoms with E-state index in [1.165, 1.54) is 5.56 Å². The van der Waals surface area contributed by atoms with Gasteiger partial charge in [0.05, 0.1) is 0 Å². The fourth-order valence-corrected chi connectivity index (χ4v) is 1.96. The van der Waals surface area contributed by atoms with Crippen molar-refractivity contribution in [2.45, 2.75) is 52.1 Å². The van der Waals surface area contributed by atoms with E-state index in [2.05, 4.69) is 32.9 Å². The molecule has 2 nitrogen and oxygen atoms in total. The lowest BCUT2D eigenvalue weighted by Crippen LogP contribution is -2.23. The first kappa shape index (κ1) is 14.9. The van der Waals surface area contributed by atoms with Gasteiger partial charge >= 0.3 is 0 Å². The average molecular weight is 248 g/mol. The van der Waals surface area contributed by atoms with E-state index in [-0.39, 0.29) is 17.3 Å². The smallest absolute Gasteiger partial charge is 0.165 e. The molecule has 0 saturated carbocycles. The SMILES string of the molecule is CCC(OC)C(=O)Cc1ccc(C(C)(C)C)cc1. The summed E-state index contributed by atoms with van der Waals surface area (Å²) in [5.41, 5.74) is 2.50. The van der Waals surface area contributed by atoms with E-state index in [9.17, 15) is 4.79 Å². The largest absolute Gasteiger partial charge is 0.374 e. The van der Waals surface area contributed by atoms with Crippen LogP contribution in [0.4, 0.5) is 0 Å². The third kappa shape index (κ3) is 3.95. The van der Waals surface area contributed by atoms with E-state index in [0.717, 1.165) is 12.0 Å². The van der Waals surface area contributed by atoms with E-state index in [1.807, 2.05) is 19.1 Å². The Morgan fingerprint density at radius 1 is 1.22 bits per heavy atom. The van der Waals surface area contributed by atoms with Gasteiger partial charge in [0.1, 0.15) is 6.10 Å². The van der Waals surface area contributed by atoms with Crippen molar-refractivity contribution in [2.75, 3.05) is 7.11 Å². The molecule has 100 valence electrons. The summed E-state index contributed by atoms with van der Waals surface area (Å²) in [6, 6.07) is 8.30. The third-order valence-electron chi connectivity index (χ3n) is 3.21. The van der Waals surface area contributed by atoms with E-state index in [1.54, 1.807) is 7.11 Å². The Hall–Kier alpha value is -1.15. The molecule has 0 N–H and O–H groups in total. The lowest BCUT2D eigenvalue weighted by atomic mass is 9.86. The van der Waals surface area contributed by atoms with E-state index < -0.39 is 0 Å². The summed E-state index contributed by atoms with van der Waals surface area (Å²) in [4.78, 5) is 11.9. The van der Waals surface area contributed by atoms with Gasteiger partial charge in [0.15, 0.2) is 5.78 Å². The van der Waals surface area contributed by atoms with Gasteiger partial charge in [0, 0.05) is 13.5 Å². The highest BCUT2D eigenvalue weighted by Crippen LogP contribution is 2.22. The molecule has 0 fully saturated rings. The second-order valence-corrected chi connectivity index (χ2v) is 5.72. The molecule has 0 amide bonds. The highest BCUT2D eigenvalue weighted by molar-refractivity contribution is 5.85. The summed E-state index contributed by atoms with van der Waals surface area (Å²) >= 11 is 0. The molecule has 0 aliphatic heterocycles. The van der Waals surface area contributed by atoms with E-state index >= 15 is 0 Å². The maximum absolute atomic E-state index is 11.9. The van der Waals surface area contributed by atoms with Crippen molar-refractivity contribution >= 4 is 5.78 Å². The molecule has 18 heavy (non-hydrogen) atoms. The average Bonchev–Trinajstić information content (AvgIpc) is 2.30. The molecule has 1 unspecified atom stereocenters. The van der Waals surface area contributed by atoms with Crippen molar-refractivity contribution in [3.63, 3.8) is 0 Å². The molecule has 0 aliphatic carbocycles. The van der Waals surface area contributed by atoms with E-state index in [4.69, 9.17) is 4.74 Å². The lowest BCUT2D eigenvalue weighted by Gasteiger charge is -2.19. The second kappa shape index (κ2) is 6.14. The van der Waals surface area contributed by atoms with Crippen molar-refractivity contribution in [1.29, 1.82) is 0 Å². The Labute approximate surface area is 110 Å². The molecule has 1 atom stereocenters. The number of benzene rings is 1. The van der Waals surface area contributed by atoms with Crippen molar-refractivity contribution < 1.29 is 9.53 Å². The second-order valence-electron chi connectivity index (χ2n) is 5.72. The van der Waals surface area contributed by atoms with Gasteiger partial charge in [0.25, 0.3) is 0 Å². The van der Waals surface area contributed by atoms with Crippen LogP contribution in [-0.4, -0.2) is 19.0 Å². The van der Waals surface area contributed by atoms with Crippen LogP contribution in [-0.2, 0) is 21.4 Å². The van der Waals surface area contributed by atoms with Crippen LogP contribution >= 0.6 is 0 Å². The minimum absolute atomic E-state index is 0.154. The summed E-state index contributed by atoms with van der Waals surface area (Å²) in [6.07, 6.45) is 0.916. The van der Waals surface area contributed by atoms with Crippen molar-refractivity contribution in [1.82, 2.24) is 0 Å². The predicted molar refractivity (Wildman–Crippen MR) is 74.9 cm³/mol. The molecule has 1 aromatic rings. The quantitative estimate of drug-likeness (QED) is 0.797. The molecule has 0 spiro atoms. The summed E-state index contributed by atoms with van der Waals surface area (Å²) in [5.74, 6) is 0.156. The van der Waals surface area contributed by atoms with Gasteiger partial charge in [-0.1, -0.05) is 52.0 Å². The number of Topliss-reactive ketones (excluding diaryl/α,β-unsaturated/α-hetero) is 1. The Balaban J connectivity index is 2.72. The fourth-order valence-electron chi connectivity index (χ4n) is 1.96. The molecule has 2 heteroatoms. The molecular weight excluding hydrogens is 224 g/mol. The highest BCUT2D eigenvalue weighted by Gasteiger charge is 2.17. The Morgan fingerprint density at radius 2 is 1.78 bits per heavy atom. The Kier molecular flexibility index (Phi) is 5.09. The van der Waals surface area contributed by atoms with E-state index in [0.29, 0.717) is 6.42 Å². The highest BCUT2D eigenvalue weighted by atomic mass is 16.5. The van der Waals surface area contributed by atoms with Crippen LogP contribution < -0.4 is 0 Å². The number of carbonyl (C=O) groups is 1. The van der Waals surface area contributed by atoms with Crippen LogP contribution in [0, 0.1) is 0 Å². The van der Waals surface area contributed by atoms with Crippen LogP contribution in [0.3, 0.4) is 0 Å². The first-order valence-corrected chi connectivity index (χ1v) is 6.53. The normalized spacial score (nSPS) is 13.4. The molecule has 0 radical (unpaired) electrons.